The molecule has 6 nitrogen and oxygen atoms in total. The van der Waals surface area contributed by atoms with Crippen molar-refractivity contribution in [2.24, 2.45) is 10.9 Å². The fourth-order valence-corrected chi connectivity index (χ4v) is 1.10. The van der Waals surface area contributed by atoms with E-state index in [0.717, 1.165) is 0 Å². The molecule has 0 aliphatic rings. The van der Waals surface area contributed by atoms with Gasteiger partial charge in [-0.15, -0.1) is 0 Å². The lowest BCUT2D eigenvalue weighted by Gasteiger charge is -2.09. The maximum absolute atomic E-state index is 10.5. The molecule has 6 heteroatoms. The molecule has 0 atom stereocenters. The lowest BCUT2D eigenvalue weighted by atomic mass is 10.2. The van der Waals surface area contributed by atoms with Gasteiger partial charge in [-0.25, -0.2) is 0 Å². The van der Waals surface area contributed by atoms with Crippen LogP contribution in [0.5, 0.6) is 11.5 Å². The minimum absolute atomic E-state index is 0.218. The number of nitrogens with two attached hydrogens (primary N) is 1. The number of carbonyl (C=O) groups is 1. The Morgan fingerprint density at radius 2 is 2.31 bits per heavy atom. The van der Waals surface area contributed by atoms with Gasteiger partial charge in [-0.1, -0.05) is 5.16 Å². The third kappa shape index (κ3) is 3.16. The van der Waals surface area contributed by atoms with Crippen molar-refractivity contribution >= 4 is 12.1 Å². The first-order valence-electron chi connectivity index (χ1n) is 4.44. The number of nitrogens with zero attached hydrogens (tertiary/aromatic N) is 1. The number of amides is 1. The predicted octanol–water partition coefficient (Wildman–Crippen LogP) is 0.367. The van der Waals surface area contributed by atoms with Crippen LogP contribution in [-0.2, 0) is 4.79 Å². The number of benzene rings is 1. The van der Waals surface area contributed by atoms with Gasteiger partial charge in [-0.3, -0.25) is 4.79 Å². The molecule has 1 aromatic rings. The third-order valence-electron chi connectivity index (χ3n) is 1.76. The summed E-state index contributed by atoms with van der Waals surface area (Å²) in [5.41, 5.74) is 5.59. The van der Waals surface area contributed by atoms with Gasteiger partial charge in [0, 0.05) is 5.56 Å². The van der Waals surface area contributed by atoms with Crippen LogP contribution in [0.25, 0.3) is 0 Å². The second kappa shape index (κ2) is 5.59. The largest absolute Gasteiger partial charge is 0.493 e. The topological polar surface area (TPSA) is 94.1 Å². The summed E-state index contributed by atoms with van der Waals surface area (Å²) in [5.74, 6) is 0.262. The van der Waals surface area contributed by atoms with Gasteiger partial charge in [0.25, 0.3) is 5.91 Å². The molecule has 0 heterocycles. The van der Waals surface area contributed by atoms with Gasteiger partial charge < -0.3 is 20.4 Å². The molecule has 1 aromatic carbocycles. The Kier molecular flexibility index (Phi) is 4.14. The number of carbonyl (C=O) groups excluding carboxylic acids is 1. The van der Waals surface area contributed by atoms with E-state index in [-0.39, 0.29) is 6.61 Å². The van der Waals surface area contributed by atoms with E-state index in [9.17, 15) is 4.79 Å². The highest BCUT2D eigenvalue weighted by atomic mass is 16.5. The van der Waals surface area contributed by atoms with Crippen molar-refractivity contribution in [1.29, 1.82) is 0 Å². The SMILES string of the molecule is COc1cc(C=NO)ccc1OCC(N)=O. The molecule has 16 heavy (non-hydrogen) atoms. The number of primary amides is 1. The van der Waals surface area contributed by atoms with Gasteiger partial charge in [0.1, 0.15) is 0 Å². The number of methoxy groups -OCH3 is 1. The van der Waals surface area contributed by atoms with Crippen molar-refractivity contribution in [3.8, 4) is 11.5 Å². The number of oxime groups is 1. The fraction of sp³-hybridized carbons (Fsp3) is 0.200. The van der Waals surface area contributed by atoms with Crippen LogP contribution in [-0.4, -0.2) is 31.0 Å². The Labute approximate surface area is 92.3 Å². The molecule has 86 valence electrons. The van der Waals surface area contributed by atoms with Gasteiger partial charge >= 0.3 is 0 Å². The normalized spacial score (nSPS) is 10.3. The minimum atomic E-state index is -0.567. The number of hydrogen-bond acceptors (Lipinski definition) is 5. The summed E-state index contributed by atoms with van der Waals surface area (Å²) >= 11 is 0. The van der Waals surface area contributed by atoms with E-state index in [1.807, 2.05) is 0 Å². The van der Waals surface area contributed by atoms with Gasteiger partial charge in [0.2, 0.25) is 0 Å². The molecular weight excluding hydrogens is 212 g/mol. The second-order valence-corrected chi connectivity index (χ2v) is 2.91. The van der Waals surface area contributed by atoms with Gasteiger partial charge in [0.15, 0.2) is 18.1 Å². The Balaban J connectivity index is 2.88. The van der Waals surface area contributed by atoms with Crippen molar-refractivity contribution in [3.05, 3.63) is 23.8 Å². The summed E-state index contributed by atoms with van der Waals surface area (Å²) in [4.78, 5) is 10.5. The zero-order chi connectivity index (χ0) is 12.0. The maximum Gasteiger partial charge on any atom is 0.255 e. The van der Waals surface area contributed by atoms with Crippen molar-refractivity contribution in [3.63, 3.8) is 0 Å². The standard InChI is InChI=1S/C10H12N2O4/c1-15-9-4-7(5-12-14)2-3-8(9)16-6-10(11)13/h2-5,14H,6H2,1H3,(H2,11,13). The van der Waals surface area contributed by atoms with Gasteiger partial charge in [-0.2, -0.15) is 0 Å². The highest BCUT2D eigenvalue weighted by molar-refractivity contribution is 5.80. The van der Waals surface area contributed by atoms with E-state index in [1.165, 1.54) is 13.3 Å². The predicted molar refractivity (Wildman–Crippen MR) is 57.1 cm³/mol. The molecule has 0 aliphatic heterocycles. The number of ether oxygens (including phenoxy) is 2. The van der Waals surface area contributed by atoms with Crippen LogP contribution < -0.4 is 15.2 Å². The molecule has 1 rings (SSSR count). The summed E-state index contributed by atoms with van der Waals surface area (Å²) < 4.78 is 10.2. The summed E-state index contributed by atoms with van der Waals surface area (Å²) in [6.07, 6.45) is 1.25. The average molecular weight is 224 g/mol. The van der Waals surface area contributed by atoms with Crippen molar-refractivity contribution in [2.75, 3.05) is 13.7 Å². The fourth-order valence-electron chi connectivity index (χ4n) is 1.10. The van der Waals surface area contributed by atoms with Crippen molar-refractivity contribution in [2.45, 2.75) is 0 Å². The smallest absolute Gasteiger partial charge is 0.255 e. The van der Waals surface area contributed by atoms with Crippen LogP contribution in [0.15, 0.2) is 23.4 Å². The summed E-state index contributed by atoms with van der Waals surface area (Å²) in [6, 6.07) is 4.85. The quantitative estimate of drug-likeness (QED) is 0.429. The van der Waals surface area contributed by atoms with Crippen LogP contribution in [0, 0.1) is 0 Å². The van der Waals surface area contributed by atoms with Crippen molar-refractivity contribution < 1.29 is 19.5 Å². The van der Waals surface area contributed by atoms with E-state index in [2.05, 4.69) is 5.16 Å². The Morgan fingerprint density at radius 1 is 1.56 bits per heavy atom. The van der Waals surface area contributed by atoms with E-state index in [0.29, 0.717) is 17.1 Å². The zero-order valence-corrected chi connectivity index (χ0v) is 8.71. The zero-order valence-electron chi connectivity index (χ0n) is 8.71. The molecule has 0 fully saturated rings. The molecule has 1 amide bonds. The highest BCUT2D eigenvalue weighted by Gasteiger charge is 2.06. The molecule has 0 bridgehead atoms. The first-order valence-corrected chi connectivity index (χ1v) is 4.44. The van der Waals surface area contributed by atoms with Gasteiger partial charge in [-0.05, 0) is 18.2 Å². The molecule has 0 unspecified atom stereocenters. The van der Waals surface area contributed by atoms with Crippen LogP contribution in [0.4, 0.5) is 0 Å². The molecule has 0 aliphatic carbocycles. The van der Waals surface area contributed by atoms with Crippen LogP contribution in [0.2, 0.25) is 0 Å². The van der Waals surface area contributed by atoms with Gasteiger partial charge in [0.05, 0.1) is 13.3 Å². The highest BCUT2D eigenvalue weighted by Crippen LogP contribution is 2.27. The number of rotatable bonds is 5. The third-order valence-corrected chi connectivity index (χ3v) is 1.76. The number of hydrogen-bond donors (Lipinski definition) is 2. The Morgan fingerprint density at radius 3 is 2.88 bits per heavy atom. The first-order chi connectivity index (χ1) is 7.67. The molecule has 0 radical (unpaired) electrons. The van der Waals surface area contributed by atoms with E-state index < -0.39 is 5.91 Å². The minimum Gasteiger partial charge on any atom is -0.493 e. The van der Waals surface area contributed by atoms with E-state index >= 15 is 0 Å². The lowest BCUT2D eigenvalue weighted by Crippen LogP contribution is -2.20. The monoisotopic (exact) mass is 224 g/mol. The maximum atomic E-state index is 10.5. The van der Waals surface area contributed by atoms with E-state index in [4.69, 9.17) is 20.4 Å². The second-order valence-electron chi connectivity index (χ2n) is 2.91. The Bertz CT molecular complexity index is 404. The summed E-state index contributed by atoms with van der Waals surface area (Å²) in [5, 5.41) is 11.3. The lowest BCUT2D eigenvalue weighted by molar-refractivity contribution is -0.119. The van der Waals surface area contributed by atoms with Crippen LogP contribution >= 0.6 is 0 Å². The molecule has 0 saturated heterocycles. The first kappa shape index (κ1) is 11.8. The average Bonchev–Trinajstić information content (AvgIpc) is 2.27. The summed E-state index contributed by atoms with van der Waals surface area (Å²) in [7, 11) is 1.46. The molecule has 0 spiro atoms. The summed E-state index contributed by atoms with van der Waals surface area (Å²) in [6.45, 7) is -0.218. The molecule has 0 saturated carbocycles. The molecule has 0 aromatic heterocycles. The molecular formula is C10H12N2O4. The van der Waals surface area contributed by atoms with E-state index in [1.54, 1.807) is 18.2 Å². The van der Waals surface area contributed by atoms with Crippen LogP contribution in [0.1, 0.15) is 5.56 Å². The van der Waals surface area contributed by atoms with Crippen LogP contribution in [0.3, 0.4) is 0 Å². The van der Waals surface area contributed by atoms with Crippen molar-refractivity contribution in [1.82, 2.24) is 0 Å². The Hall–Kier alpha value is -2.24. The molecule has 3 N–H and O–H groups in total.